The third-order valence-corrected chi connectivity index (χ3v) is 4.38. The van der Waals surface area contributed by atoms with Crippen LogP contribution in [0.2, 0.25) is 0 Å². The third-order valence-electron chi connectivity index (χ3n) is 3.36. The molecule has 0 N–H and O–H groups in total. The standard InChI is InChI=1S/C12H16N2O2S/c15-12(13-4-6-16-7-5-13)14-3-1-11-10(9-14)2-8-17-11/h2,8H,1,3-7,9H2. The molecule has 2 aliphatic heterocycles. The normalized spacial score (nSPS) is 20.2. The Balaban J connectivity index is 1.67. The summed E-state index contributed by atoms with van der Waals surface area (Å²) in [5.41, 5.74) is 1.32. The number of thiophene rings is 1. The van der Waals surface area contributed by atoms with Gasteiger partial charge < -0.3 is 14.5 Å². The summed E-state index contributed by atoms with van der Waals surface area (Å²) in [6.07, 6.45) is 1.00. The molecule has 0 unspecified atom stereocenters. The molecule has 1 saturated heterocycles. The number of carbonyl (C=O) groups is 1. The van der Waals surface area contributed by atoms with Crippen LogP contribution in [0.5, 0.6) is 0 Å². The molecule has 1 fully saturated rings. The van der Waals surface area contributed by atoms with Crippen molar-refractivity contribution in [1.82, 2.24) is 9.80 Å². The monoisotopic (exact) mass is 252 g/mol. The van der Waals surface area contributed by atoms with Gasteiger partial charge in [0.15, 0.2) is 0 Å². The number of carbonyl (C=O) groups excluding carboxylic acids is 1. The van der Waals surface area contributed by atoms with Gasteiger partial charge in [0.1, 0.15) is 0 Å². The Morgan fingerprint density at radius 1 is 1.24 bits per heavy atom. The first-order valence-electron chi connectivity index (χ1n) is 6.01. The molecule has 0 bridgehead atoms. The van der Waals surface area contributed by atoms with Crippen molar-refractivity contribution >= 4 is 17.4 Å². The maximum atomic E-state index is 12.3. The maximum absolute atomic E-state index is 12.3. The molecule has 0 radical (unpaired) electrons. The van der Waals surface area contributed by atoms with Gasteiger partial charge >= 0.3 is 6.03 Å². The van der Waals surface area contributed by atoms with Crippen LogP contribution in [0, 0.1) is 0 Å². The number of urea groups is 1. The number of hydrogen-bond donors (Lipinski definition) is 0. The van der Waals surface area contributed by atoms with E-state index in [4.69, 9.17) is 4.74 Å². The number of hydrogen-bond acceptors (Lipinski definition) is 3. The van der Waals surface area contributed by atoms with Crippen molar-refractivity contribution in [2.24, 2.45) is 0 Å². The second kappa shape index (κ2) is 4.66. The lowest BCUT2D eigenvalue weighted by molar-refractivity contribution is 0.0422. The van der Waals surface area contributed by atoms with Crippen LogP contribution in [0.1, 0.15) is 10.4 Å². The van der Waals surface area contributed by atoms with Crippen LogP contribution >= 0.6 is 11.3 Å². The van der Waals surface area contributed by atoms with Crippen molar-refractivity contribution in [1.29, 1.82) is 0 Å². The van der Waals surface area contributed by atoms with Gasteiger partial charge in [-0.1, -0.05) is 0 Å². The first kappa shape index (κ1) is 11.0. The van der Waals surface area contributed by atoms with Crippen molar-refractivity contribution in [3.05, 3.63) is 21.9 Å². The highest BCUT2D eigenvalue weighted by Gasteiger charge is 2.26. The highest BCUT2D eigenvalue weighted by atomic mass is 32.1. The third kappa shape index (κ3) is 2.17. The van der Waals surface area contributed by atoms with E-state index in [2.05, 4.69) is 11.4 Å². The number of rotatable bonds is 0. The summed E-state index contributed by atoms with van der Waals surface area (Å²) in [6, 6.07) is 2.31. The maximum Gasteiger partial charge on any atom is 0.320 e. The highest BCUT2D eigenvalue weighted by Crippen LogP contribution is 2.24. The zero-order valence-corrected chi connectivity index (χ0v) is 10.5. The van der Waals surface area contributed by atoms with Gasteiger partial charge in [0.05, 0.1) is 13.2 Å². The molecule has 0 aliphatic carbocycles. The molecule has 0 spiro atoms. The van der Waals surface area contributed by atoms with E-state index in [0.717, 1.165) is 32.6 Å². The number of amides is 2. The van der Waals surface area contributed by atoms with Gasteiger partial charge in [0.2, 0.25) is 0 Å². The molecule has 3 rings (SSSR count). The molecule has 0 aromatic carbocycles. The molecule has 1 aromatic heterocycles. The second-order valence-electron chi connectivity index (χ2n) is 4.42. The number of nitrogens with zero attached hydrogens (tertiary/aromatic N) is 2. The first-order valence-corrected chi connectivity index (χ1v) is 6.89. The fourth-order valence-corrected chi connectivity index (χ4v) is 3.26. The first-order chi connectivity index (χ1) is 8.34. The van der Waals surface area contributed by atoms with Crippen LogP contribution < -0.4 is 0 Å². The highest BCUT2D eigenvalue weighted by molar-refractivity contribution is 7.10. The Bertz CT molecular complexity index is 412. The van der Waals surface area contributed by atoms with Gasteiger partial charge in [-0.25, -0.2) is 4.79 Å². The lowest BCUT2D eigenvalue weighted by atomic mass is 10.1. The van der Waals surface area contributed by atoms with Crippen molar-refractivity contribution in [3.63, 3.8) is 0 Å². The number of morpholine rings is 1. The SMILES string of the molecule is O=C(N1CCOCC1)N1CCc2sccc2C1. The minimum atomic E-state index is 0.171. The lowest BCUT2D eigenvalue weighted by Gasteiger charge is -2.34. The summed E-state index contributed by atoms with van der Waals surface area (Å²) in [4.78, 5) is 17.6. The average Bonchev–Trinajstić information content (AvgIpc) is 2.86. The summed E-state index contributed by atoms with van der Waals surface area (Å²) in [5, 5.41) is 2.12. The summed E-state index contributed by atoms with van der Waals surface area (Å²) in [6.45, 7) is 4.42. The molecule has 0 saturated carbocycles. The van der Waals surface area contributed by atoms with Crippen LogP contribution in [0.25, 0.3) is 0 Å². The van der Waals surface area contributed by atoms with E-state index >= 15 is 0 Å². The zero-order valence-electron chi connectivity index (χ0n) is 9.72. The molecule has 4 nitrogen and oxygen atoms in total. The van der Waals surface area contributed by atoms with E-state index in [-0.39, 0.29) is 6.03 Å². The van der Waals surface area contributed by atoms with Crippen LogP contribution in [-0.2, 0) is 17.7 Å². The molecule has 92 valence electrons. The zero-order chi connectivity index (χ0) is 11.7. The largest absolute Gasteiger partial charge is 0.378 e. The minimum absolute atomic E-state index is 0.171. The topological polar surface area (TPSA) is 32.8 Å². The summed E-state index contributed by atoms with van der Waals surface area (Å²) >= 11 is 1.80. The molecule has 5 heteroatoms. The van der Waals surface area contributed by atoms with Gasteiger partial charge in [0, 0.05) is 31.1 Å². The molecule has 3 heterocycles. The quantitative estimate of drug-likeness (QED) is 0.702. The van der Waals surface area contributed by atoms with Gasteiger partial charge in [0.25, 0.3) is 0 Å². The molecular formula is C12H16N2O2S. The molecule has 0 atom stereocenters. The van der Waals surface area contributed by atoms with Gasteiger partial charge in [-0.2, -0.15) is 0 Å². The lowest BCUT2D eigenvalue weighted by Crippen LogP contribution is -2.49. The van der Waals surface area contributed by atoms with Crippen molar-refractivity contribution in [3.8, 4) is 0 Å². The van der Waals surface area contributed by atoms with E-state index in [1.807, 2.05) is 9.80 Å². The molecule has 2 amide bonds. The van der Waals surface area contributed by atoms with E-state index < -0.39 is 0 Å². The van der Waals surface area contributed by atoms with Crippen LogP contribution in [0.15, 0.2) is 11.4 Å². The van der Waals surface area contributed by atoms with Crippen molar-refractivity contribution < 1.29 is 9.53 Å². The van der Waals surface area contributed by atoms with Gasteiger partial charge in [-0.15, -0.1) is 11.3 Å². The Morgan fingerprint density at radius 3 is 2.88 bits per heavy atom. The summed E-state index contributed by atoms with van der Waals surface area (Å²) in [7, 11) is 0. The Morgan fingerprint density at radius 2 is 2.06 bits per heavy atom. The minimum Gasteiger partial charge on any atom is -0.378 e. The van der Waals surface area contributed by atoms with Gasteiger partial charge in [-0.3, -0.25) is 0 Å². The number of fused-ring (bicyclic) bond motifs is 1. The average molecular weight is 252 g/mol. The Hall–Kier alpha value is -1.07. The molecule has 2 aliphatic rings. The Kier molecular flexibility index (Phi) is 3.03. The van der Waals surface area contributed by atoms with E-state index in [0.29, 0.717) is 13.2 Å². The fourth-order valence-electron chi connectivity index (χ4n) is 2.37. The molecule has 17 heavy (non-hydrogen) atoms. The summed E-state index contributed by atoms with van der Waals surface area (Å²) in [5.74, 6) is 0. The fraction of sp³-hybridized carbons (Fsp3) is 0.583. The molecular weight excluding hydrogens is 236 g/mol. The second-order valence-corrected chi connectivity index (χ2v) is 5.42. The molecule has 1 aromatic rings. The van der Waals surface area contributed by atoms with Crippen LogP contribution in [0.4, 0.5) is 4.79 Å². The van der Waals surface area contributed by atoms with E-state index in [1.54, 1.807) is 11.3 Å². The van der Waals surface area contributed by atoms with Crippen LogP contribution in [-0.4, -0.2) is 48.7 Å². The number of ether oxygens (including phenoxy) is 1. The summed E-state index contributed by atoms with van der Waals surface area (Å²) < 4.78 is 5.27. The predicted octanol–water partition coefficient (Wildman–Crippen LogP) is 1.56. The Labute approximate surface area is 105 Å². The van der Waals surface area contributed by atoms with E-state index in [9.17, 15) is 4.79 Å². The predicted molar refractivity (Wildman–Crippen MR) is 66.2 cm³/mol. The van der Waals surface area contributed by atoms with Crippen LogP contribution in [0.3, 0.4) is 0 Å². The van der Waals surface area contributed by atoms with E-state index in [1.165, 1.54) is 10.4 Å². The smallest absolute Gasteiger partial charge is 0.320 e. The van der Waals surface area contributed by atoms with Crippen molar-refractivity contribution in [2.75, 3.05) is 32.8 Å². The van der Waals surface area contributed by atoms with Crippen molar-refractivity contribution in [2.45, 2.75) is 13.0 Å². The van der Waals surface area contributed by atoms with Gasteiger partial charge in [-0.05, 0) is 23.4 Å².